The van der Waals surface area contributed by atoms with Crippen LogP contribution < -0.4 is 5.32 Å². The number of carbonyl (C=O) groups excluding carboxylic acids is 2. The smallest absolute Gasteiger partial charge is 0.349 e. The molecule has 0 saturated heterocycles. The van der Waals surface area contributed by atoms with Crippen LogP contribution in [-0.2, 0) is 9.53 Å². The van der Waals surface area contributed by atoms with Crippen molar-refractivity contribution in [1.82, 2.24) is 0 Å². The average Bonchev–Trinajstić information content (AvgIpc) is 2.86. The highest BCUT2D eigenvalue weighted by atomic mass is 32.1. The fourth-order valence-corrected chi connectivity index (χ4v) is 3.12. The second kappa shape index (κ2) is 6.87. The number of anilines is 1. The molecule has 2 aromatic rings. The molecule has 0 bridgehead atoms. The minimum Gasteiger partial charge on any atom is -0.462 e. The molecule has 2 rings (SSSR count). The van der Waals surface area contributed by atoms with E-state index in [4.69, 9.17) is 4.74 Å². The summed E-state index contributed by atoms with van der Waals surface area (Å²) in [6.07, 6.45) is 0. The summed E-state index contributed by atoms with van der Waals surface area (Å²) < 4.78 is 5.06. The number of carbonyl (C=O) groups is 2. The molecule has 0 saturated carbocycles. The van der Waals surface area contributed by atoms with Gasteiger partial charge in [0.15, 0.2) is 0 Å². The van der Waals surface area contributed by atoms with Crippen molar-refractivity contribution in [3.63, 3.8) is 0 Å². The summed E-state index contributed by atoms with van der Waals surface area (Å²) in [5.41, 5.74) is 1.50. The van der Waals surface area contributed by atoms with Crippen molar-refractivity contribution in [1.29, 1.82) is 5.26 Å². The maximum Gasteiger partial charge on any atom is 0.349 e. The van der Waals surface area contributed by atoms with Gasteiger partial charge in [0, 0.05) is 12.5 Å². The van der Waals surface area contributed by atoms with Crippen molar-refractivity contribution in [2.45, 2.75) is 13.8 Å². The molecule has 0 radical (unpaired) electrons. The van der Waals surface area contributed by atoms with Crippen LogP contribution in [0.5, 0.6) is 0 Å². The molecule has 6 heteroatoms. The van der Waals surface area contributed by atoms with Crippen LogP contribution in [0.4, 0.5) is 5.00 Å². The van der Waals surface area contributed by atoms with Crippen molar-refractivity contribution < 1.29 is 14.3 Å². The molecule has 0 aliphatic carbocycles. The summed E-state index contributed by atoms with van der Waals surface area (Å²) in [4.78, 5) is 23.8. The van der Waals surface area contributed by atoms with E-state index in [1.165, 1.54) is 6.92 Å². The Labute approximate surface area is 132 Å². The summed E-state index contributed by atoms with van der Waals surface area (Å²) in [5, 5.41) is 12.4. The van der Waals surface area contributed by atoms with Gasteiger partial charge < -0.3 is 10.1 Å². The van der Waals surface area contributed by atoms with Crippen LogP contribution in [0.2, 0.25) is 0 Å². The molecule has 1 amide bonds. The number of hydrogen-bond acceptors (Lipinski definition) is 5. The maximum atomic E-state index is 12.2. The lowest BCUT2D eigenvalue weighted by atomic mass is 10.0. The van der Waals surface area contributed by atoms with Crippen LogP contribution in [0.25, 0.3) is 11.1 Å². The van der Waals surface area contributed by atoms with Gasteiger partial charge in [0.1, 0.15) is 15.9 Å². The molecule has 1 heterocycles. The van der Waals surface area contributed by atoms with Gasteiger partial charge >= 0.3 is 5.97 Å². The van der Waals surface area contributed by atoms with Gasteiger partial charge in [-0.25, -0.2) is 4.79 Å². The molecule has 0 fully saturated rings. The third-order valence-electron chi connectivity index (χ3n) is 2.83. The minimum atomic E-state index is -0.501. The van der Waals surface area contributed by atoms with E-state index >= 15 is 0 Å². The van der Waals surface area contributed by atoms with Crippen molar-refractivity contribution in [3.05, 3.63) is 40.8 Å². The largest absolute Gasteiger partial charge is 0.462 e. The van der Waals surface area contributed by atoms with Gasteiger partial charge in [-0.15, -0.1) is 11.3 Å². The zero-order valence-corrected chi connectivity index (χ0v) is 13.0. The molecule has 5 nitrogen and oxygen atoms in total. The van der Waals surface area contributed by atoms with Gasteiger partial charge in [-0.3, -0.25) is 4.79 Å². The SMILES string of the molecule is CCOC(=O)c1sc(NC(C)=O)c(C#N)c1-c1ccccc1. The third kappa shape index (κ3) is 3.15. The molecule has 1 N–H and O–H groups in total. The van der Waals surface area contributed by atoms with Crippen molar-refractivity contribution in [3.8, 4) is 17.2 Å². The quantitative estimate of drug-likeness (QED) is 0.877. The Kier molecular flexibility index (Phi) is 4.92. The average molecular weight is 314 g/mol. The number of nitriles is 1. The summed E-state index contributed by atoms with van der Waals surface area (Å²) in [7, 11) is 0. The fraction of sp³-hybridized carbons (Fsp3) is 0.188. The Bertz CT molecular complexity index is 745. The topological polar surface area (TPSA) is 79.2 Å². The highest BCUT2D eigenvalue weighted by Gasteiger charge is 2.25. The number of rotatable bonds is 4. The van der Waals surface area contributed by atoms with E-state index in [-0.39, 0.29) is 18.1 Å². The van der Waals surface area contributed by atoms with E-state index in [1.807, 2.05) is 30.3 Å². The predicted octanol–water partition coefficient (Wildman–Crippen LogP) is 3.42. The highest BCUT2D eigenvalue weighted by Crippen LogP contribution is 2.40. The Hall–Kier alpha value is -2.65. The normalized spacial score (nSPS) is 9.86. The number of esters is 1. The zero-order chi connectivity index (χ0) is 16.1. The van der Waals surface area contributed by atoms with Crippen molar-refractivity contribution >= 4 is 28.2 Å². The Morgan fingerprint density at radius 2 is 2.00 bits per heavy atom. The molecule has 0 aliphatic rings. The lowest BCUT2D eigenvalue weighted by Crippen LogP contribution is -2.05. The second-order valence-corrected chi connectivity index (χ2v) is 5.41. The molecule has 1 aromatic heterocycles. The van der Waals surface area contributed by atoms with E-state index in [1.54, 1.807) is 6.92 Å². The third-order valence-corrected chi connectivity index (χ3v) is 3.92. The molecular formula is C16H14N2O3S. The Balaban J connectivity index is 2.66. The zero-order valence-electron chi connectivity index (χ0n) is 12.2. The standard InChI is InChI=1S/C16H14N2O3S/c1-3-21-16(20)14-13(11-7-5-4-6-8-11)12(9-17)15(22-14)18-10(2)19/h4-8H,3H2,1-2H3,(H,18,19). The van der Waals surface area contributed by atoms with E-state index in [9.17, 15) is 14.9 Å². The number of nitrogens with one attached hydrogen (secondary N) is 1. The molecule has 112 valence electrons. The lowest BCUT2D eigenvalue weighted by Gasteiger charge is -2.04. The van der Waals surface area contributed by atoms with Crippen LogP contribution in [-0.4, -0.2) is 18.5 Å². The van der Waals surface area contributed by atoms with E-state index in [0.29, 0.717) is 15.4 Å². The molecule has 1 aromatic carbocycles. The first-order valence-corrected chi connectivity index (χ1v) is 7.47. The maximum absolute atomic E-state index is 12.2. The van der Waals surface area contributed by atoms with Crippen molar-refractivity contribution in [2.24, 2.45) is 0 Å². The Morgan fingerprint density at radius 1 is 1.32 bits per heavy atom. The van der Waals surface area contributed by atoms with Crippen LogP contribution in [0.3, 0.4) is 0 Å². The number of amides is 1. The number of hydrogen-bond donors (Lipinski definition) is 1. The van der Waals surface area contributed by atoms with Gasteiger partial charge in [0.25, 0.3) is 0 Å². The molecule has 22 heavy (non-hydrogen) atoms. The van der Waals surface area contributed by atoms with E-state index < -0.39 is 5.97 Å². The first kappa shape index (κ1) is 15.7. The Morgan fingerprint density at radius 3 is 2.55 bits per heavy atom. The molecule has 0 unspecified atom stereocenters. The lowest BCUT2D eigenvalue weighted by molar-refractivity contribution is -0.114. The van der Waals surface area contributed by atoms with Gasteiger partial charge in [-0.2, -0.15) is 5.26 Å². The van der Waals surface area contributed by atoms with Crippen LogP contribution in [0.1, 0.15) is 29.1 Å². The number of nitrogens with zero attached hydrogens (tertiary/aromatic N) is 1. The summed E-state index contributed by atoms with van der Waals surface area (Å²) in [6.45, 7) is 3.31. The first-order valence-electron chi connectivity index (χ1n) is 6.65. The van der Waals surface area contributed by atoms with Gasteiger partial charge in [0.05, 0.1) is 12.2 Å². The first-order chi connectivity index (χ1) is 10.6. The summed E-state index contributed by atoms with van der Waals surface area (Å²) in [5.74, 6) is -0.799. The van der Waals surface area contributed by atoms with E-state index in [2.05, 4.69) is 11.4 Å². The monoisotopic (exact) mass is 314 g/mol. The summed E-state index contributed by atoms with van der Waals surface area (Å²) in [6, 6.07) is 11.2. The second-order valence-electron chi connectivity index (χ2n) is 4.39. The van der Waals surface area contributed by atoms with Crippen LogP contribution >= 0.6 is 11.3 Å². The van der Waals surface area contributed by atoms with E-state index in [0.717, 1.165) is 16.9 Å². The number of benzene rings is 1. The van der Waals surface area contributed by atoms with Gasteiger partial charge in [-0.1, -0.05) is 30.3 Å². The minimum absolute atomic E-state index is 0.238. The highest BCUT2D eigenvalue weighted by molar-refractivity contribution is 7.19. The molecule has 0 spiro atoms. The van der Waals surface area contributed by atoms with Crippen LogP contribution in [0, 0.1) is 11.3 Å². The number of thiophene rings is 1. The predicted molar refractivity (Wildman–Crippen MR) is 84.7 cm³/mol. The molecular weight excluding hydrogens is 300 g/mol. The summed E-state index contributed by atoms with van der Waals surface area (Å²) >= 11 is 1.05. The van der Waals surface area contributed by atoms with Gasteiger partial charge in [-0.05, 0) is 12.5 Å². The fourth-order valence-electron chi connectivity index (χ4n) is 2.01. The van der Waals surface area contributed by atoms with Crippen molar-refractivity contribution in [2.75, 3.05) is 11.9 Å². The molecule has 0 atom stereocenters. The number of ether oxygens (including phenoxy) is 1. The molecule has 0 aliphatic heterocycles. The van der Waals surface area contributed by atoms with Crippen LogP contribution in [0.15, 0.2) is 30.3 Å². The van der Waals surface area contributed by atoms with Gasteiger partial charge in [0.2, 0.25) is 5.91 Å².